The number of carbonyl (C=O) groups excluding carboxylic acids is 6. The van der Waals surface area contributed by atoms with E-state index >= 15 is 0 Å². The Hall–Kier alpha value is -0.710. The summed E-state index contributed by atoms with van der Waals surface area (Å²) in [5.41, 5.74) is -1.05. The number of hydrogen-bond donors (Lipinski definition) is 7. The zero-order valence-electron chi connectivity index (χ0n) is 80.3. The van der Waals surface area contributed by atoms with Crippen molar-refractivity contribution < 1.29 is 112 Å². The van der Waals surface area contributed by atoms with Gasteiger partial charge in [-0.05, 0) is 506 Å². The second kappa shape index (κ2) is 39.2. The number of halogens is 5. The van der Waals surface area contributed by atoms with Gasteiger partial charge in [0.2, 0.25) is 0 Å². The van der Waals surface area contributed by atoms with Gasteiger partial charge in [0.25, 0.3) is 0 Å². The van der Waals surface area contributed by atoms with Crippen LogP contribution in [0.3, 0.4) is 0 Å². The first-order valence-electron chi connectivity index (χ1n) is 52.0. The molecule has 20 aliphatic carbocycles. The fourth-order valence-corrected chi connectivity index (χ4v) is 39.4. The monoisotopic (exact) mass is 1920 g/mol. The minimum Gasteiger partial charge on any atom is -0.542 e. The smallest absolute Gasteiger partial charge is 0.542 e. The molecule has 0 spiro atoms. The van der Waals surface area contributed by atoms with E-state index in [1.807, 2.05) is 41.5 Å². The minimum atomic E-state index is -5.19. The number of ketones is 5. The molecule has 0 aromatic heterocycles. The molecule has 20 rings (SSSR count). The van der Waals surface area contributed by atoms with Crippen LogP contribution < -0.4 is 34.7 Å². The van der Waals surface area contributed by atoms with E-state index in [0.29, 0.717) is 63.0 Å². The molecule has 20 heteroatoms. The molecule has 0 amide bonds. The molecular weight excluding hydrogens is 1750 g/mol. The Bertz CT molecular complexity index is 3500. The quantitative estimate of drug-likeness (QED) is 0.0836. The maximum absolute atomic E-state index is 12.5. The van der Waals surface area contributed by atoms with Crippen molar-refractivity contribution in [3.05, 3.63) is 0 Å². The number of hydrogen-bond acceptors (Lipinski definition) is 14. The van der Waals surface area contributed by atoms with Gasteiger partial charge in [0.1, 0.15) is 36.5 Å². The number of aliphatic hydroxyl groups excluding tert-OH is 2. The zero-order valence-corrected chi connectivity index (χ0v) is 85.5. The van der Waals surface area contributed by atoms with Crippen LogP contribution in [0, 0.1) is 205 Å². The van der Waals surface area contributed by atoms with Gasteiger partial charge in [-0.15, -0.1) is 0 Å². The van der Waals surface area contributed by atoms with E-state index in [-0.39, 0.29) is 87.8 Å². The van der Waals surface area contributed by atoms with Crippen LogP contribution in [0.1, 0.15) is 365 Å². The maximum Gasteiger partial charge on any atom is 1.00 e. The number of carboxylic acids is 1. The Morgan fingerprint density at radius 2 is 0.465 bits per heavy atom. The molecule has 716 valence electrons. The first kappa shape index (κ1) is 102. The molecule has 40 atom stereocenters. The predicted molar refractivity (Wildman–Crippen MR) is 490 cm³/mol. The minimum absolute atomic E-state index is 0. The molecular formula is C107H168Br2F3NaO14. The molecule has 0 unspecified atom stereocenters. The van der Waals surface area contributed by atoms with Crippen LogP contribution in [-0.4, -0.2) is 129 Å². The molecule has 0 aromatic carbocycles. The number of aliphatic carboxylic acids is 1. The van der Waals surface area contributed by atoms with Crippen LogP contribution in [0.5, 0.6) is 0 Å². The topological polar surface area (TPSA) is 267 Å². The first-order valence-corrected chi connectivity index (χ1v) is 54.3. The van der Waals surface area contributed by atoms with Gasteiger partial charge < -0.3 is 45.6 Å². The van der Waals surface area contributed by atoms with Crippen LogP contribution in [0.4, 0.5) is 13.2 Å². The van der Waals surface area contributed by atoms with Crippen LogP contribution in [-0.2, 0) is 28.8 Å². The standard InChI is InChI=1S/2C21H33BrO2.2C21H34O3.C21H34O2.C2HF3O2.Na/c4*1-20(24)9-7-14-13(11-20)3-4-16-15(14)8-10-21(2)17(16)5-6-18(21)19(23)12-22;1-13(22)18-6-7-19-17-5-4-14-12-20(2,23)10-8-15(14)16(17)9-11-21(18,19)3;3-2(4,5)1(6)7;/h2*13-18,24H,3-12H2,1-2H3;2*13-18,22,24H,3-12H2,1-2H3;14-19,23H,4-12H2,1-3H3;(H,6,7);/q;;;;;;+1/p-1/t13-,14-,15+,16+,17-,18+,20+,21-;13-,14-,15+,16+,17-,18+,20-,21-;13-,14-,15+,16+,17-,18+,20+,21-;13-,14-,15+,16+,17-,18+,20-,21-;14-,15-,16+,17+,18+,19-,20-,21+;;/m00000../s1. The van der Waals surface area contributed by atoms with E-state index in [9.17, 15) is 72.9 Å². The summed E-state index contributed by atoms with van der Waals surface area (Å²) in [6.45, 7) is 23.4. The summed E-state index contributed by atoms with van der Waals surface area (Å²) < 4.78 is 31.5. The van der Waals surface area contributed by atoms with Crippen molar-refractivity contribution in [3.8, 4) is 0 Å². The van der Waals surface area contributed by atoms with Crippen molar-refractivity contribution in [1.82, 2.24) is 0 Å². The second-order valence-corrected chi connectivity index (χ2v) is 51.7. The largest absolute Gasteiger partial charge is 1.00 e. The molecule has 20 aliphatic rings. The van der Waals surface area contributed by atoms with E-state index < -0.39 is 40.2 Å². The van der Waals surface area contributed by atoms with Gasteiger partial charge >= 0.3 is 35.7 Å². The first-order chi connectivity index (χ1) is 59.2. The summed E-state index contributed by atoms with van der Waals surface area (Å²) >= 11 is 6.83. The fraction of sp³-hybridized carbons (Fsp3) is 0.944. The van der Waals surface area contributed by atoms with Gasteiger partial charge in [-0.1, -0.05) is 66.5 Å². The van der Waals surface area contributed by atoms with Crippen molar-refractivity contribution in [3.63, 3.8) is 0 Å². The van der Waals surface area contributed by atoms with Gasteiger partial charge in [-0.25, -0.2) is 0 Å². The molecule has 0 aromatic rings. The number of fused-ring (bicyclic) bond motifs is 25. The normalized spacial score (nSPS) is 51.4. The molecule has 7 N–H and O–H groups in total. The molecule has 127 heavy (non-hydrogen) atoms. The molecule has 20 saturated carbocycles. The van der Waals surface area contributed by atoms with Crippen molar-refractivity contribution in [2.75, 3.05) is 23.9 Å². The van der Waals surface area contributed by atoms with E-state index in [1.165, 1.54) is 180 Å². The summed E-state index contributed by atoms with van der Waals surface area (Å²) in [5, 5.41) is 80.9. The van der Waals surface area contributed by atoms with Gasteiger partial charge in [-0.2, -0.15) is 13.2 Å². The summed E-state index contributed by atoms with van der Waals surface area (Å²) in [7, 11) is 0. The molecule has 0 radical (unpaired) electrons. The Kier molecular flexibility index (Phi) is 31.5. The third-order valence-corrected chi connectivity index (χ3v) is 45.1. The zero-order chi connectivity index (χ0) is 90.9. The Balaban J connectivity index is 0.000000126. The van der Waals surface area contributed by atoms with E-state index in [2.05, 4.69) is 66.5 Å². The third kappa shape index (κ3) is 20.0. The Morgan fingerprint density at radius 1 is 0.283 bits per heavy atom. The molecule has 14 nitrogen and oxygen atoms in total. The average molecular weight is 1920 g/mol. The van der Waals surface area contributed by atoms with E-state index in [0.717, 1.165) is 245 Å². The van der Waals surface area contributed by atoms with Crippen LogP contribution in [0.15, 0.2) is 0 Å². The molecule has 20 fully saturated rings. The molecule has 0 saturated heterocycles. The van der Waals surface area contributed by atoms with Crippen LogP contribution in [0.2, 0.25) is 0 Å². The summed E-state index contributed by atoms with van der Waals surface area (Å²) in [5.74, 6) is 19.6. The SMILES string of the molecule is CC(=O)[C@H]1CC[C@H]2[C@@H]3CC[C@H]4C[C@@](C)(O)CC[C@@H]4[C@H]3CC[C@]12C.C[C@@]1(O)CC[C@H]2[C@@H](CC[C@@H]3[C@@H]2CC[C@]2(C)[C@@H](C(=O)CBr)CC[C@@H]32)C1.C[C@@]1(O)CC[C@H]2[C@@H](CC[C@@H]3[C@@H]2CC[C@]2(C)[C@@H](C(=O)CO)CC[C@@H]32)C1.C[C@]1(O)CC[C@H]2[C@@H](CC[C@@H]3[C@@H]2CC[C@]2(C)[C@@H](C(=O)CBr)CC[C@@H]32)C1.C[C@]1(O)CC[C@H]2[C@@H](CC[C@@H]3[C@@H]2CC[C@]2(C)[C@@H](C(=O)CO)CC[C@@H]32)C1.O=C([O-])C(F)(F)F.[Na+]. The van der Waals surface area contributed by atoms with Crippen molar-refractivity contribution >= 4 is 66.7 Å². The van der Waals surface area contributed by atoms with E-state index in [1.54, 1.807) is 0 Å². The number of alkyl halides is 5. The Morgan fingerprint density at radius 3 is 0.646 bits per heavy atom. The van der Waals surface area contributed by atoms with Crippen LogP contribution >= 0.6 is 31.9 Å². The fourth-order valence-electron chi connectivity index (χ4n) is 38.6. The summed E-state index contributed by atoms with van der Waals surface area (Å²) in [6.07, 6.45) is 48.1. The van der Waals surface area contributed by atoms with Crippen LogP contribution in [0.25, 0.3) is 0 Å². The third-order valence-electron chi connectivity index (χ3n) is 44.0. The second-order valence-electron chi connectivity index (χ2n) is 50.6. The van der Waals surface area contributed by atoms with Gasteiger partial charge in [0.05, 0.1) is 38.7 Å². The number of Topliss-reactive ketones (excluding diaryl/α,β-unsaturated/α-hetero) is 5. The maximum atomic E-state index is 12.5. The molecule has 0 bridgehead atoms. The molecule has 0 heterocycles. The van der Waals surface area contributed by atoms with Gasteiger partial charge in [0.15, 0.2) is 11.6 Å². The number of carboxylic acid groups (broad SMARTS) is 1. The average Bonchev–Trinajstić information content (AvgIpc) is 1.65. The predicted octanol–water partition coefficient (Wildman–Crippen LogP) is 18.0. The van der Waals surface area contributed by atoms with Gasteiger partial charge in [0, 0.05) is 29.6 Å². The number of rotatable bonds is 9. The van der Waals surface area contributed by atoms with Gasteiger partial charge in [-0.3, -0.25) is 24.0 Å². The van der Waals surface area contributed by atoms with Crippen molar-refractivity contribution in [2.45, 2.75) is 399 Å². The van der Waals surface area contributed by atoms with Crippen molar-refractivity contribution in [1.29, 1.82) is 0 Å². The van der Waals surface area contributed by atoms with E-state index in [4.69, 9.17) is 9.90 Å². The van der Waals surface area contributed by atoms with Crippen molar-refractivity contribution in [2.24, 2.45) is 205 Å². The molecule has 0 aliphatic heterocycles. The summed E-state index contributed by atoms with van der Waals surface area (Å²) in [6, 6.07) is 0. The number of aliphatic hydroxyl groups is 7. The Labute approximate surface area is 800 Å². The summed E-state index contributed by atoms with van der Waals surface area (Å²) in [4.78, 5) is 70.4. The number of carbonyl (C=O) groups is 6.